The van der Waals surface area contributed by atoms with Crippen LogP contribution in [0.4, 0.5) is 0 Å². The first-order valence-corrected chi connectivity index (χ1v) is 12.8. The molecule has 0 atom stereocenters. The molecule has 4 aromatic carbocycles. The molecule has 0 fully saturated rings. The molecule has 0 amide bonds. The Morgan fingerprint density at radius 2 is 1.07 bits per heavy atom. The van der Waals surface area contributed by atoms with Crippen LogP contribution in [0.25, 0.3) is 22.3 Å². The van der Waals surface area contributed by atoms with Crippen molar-refractivity contribution in [3.8, 4) is 51.3 Å². The van der Waals surface area contributed by atoms with E-state index in [2.05, 4.69) is 31.6 Å². The second-order valence-corrected chi connectivity index (χ2v) is 9.01. The number of benzene rings is 4. The highest BCUT2D eigenvalue weighted by Crippen LogP contribution is 2.30. The van der Waals surface area contributed by atoms with Crippen molar-refractivity contribution in [1.29, 1.82) is 0 Å². The third kappa shape index (κ3) is 7.59. The number of rotatable bonds is 8. The van der Waals surface area contributed by atoms with E-state index in [1.807, 2.05) is 42.5 Å². The summed E-state index contributed by atoms with van der Waals surface area (Å²) in [6, 6.07) is 27.2. The molecule has 4 rings (SSSR count). The average molecular weight is 555 g/mol. The second-order valence-electron chi connectivity index (χ2n) is 9.01. The van der Waals surface area contributed by atoms with Gasteiger partial charge >= 0.3 is 17.9 Å². The molecular formula is C36H26O6. The van der Waals surface area contributed by atoms with Crippen molar-refractivity contribution < 1.29 is 28.6 Å². The summed E-state index contributed by atoms with van der Waals surface area (Å²) in [6.45, 7) is 12.0. The van der Waals surface area contributed by atoms with Crippen LogP contribution in [0.5, 0.6) is 17.2 Å². The molecule has 4 aromatic rings. The number of esters is 3. The van der Waals surface area contributed by atoms with Gasteiger partial charge in [0.1, 0.15) is 17.2 Å². The molecule has 0 saturated carbocycles. The number of hydrogen-bond acceptors (Lipinski definition) is 6. The van der Waals surface area contributed by atoms with Crippen molar-refractivity contribution in [2.45, 2.75) is 6.92 Å². The van der Waals surface area contributed by atoms with Gasteiger partial charge in [0.25, 0.3) is 0 Å². The van der Waals surface area contributed by atoms with Gasteiger partial charge < -0.3 is 14.2 Å². The van der Waals surface area contributed by atoms with Crippen molar-refractivity contribution in [3.63, 3.8) is 0 Å². The van der Waals surface area contributed by atoms with E-state index in [-0.39, 0.29) is 5.57 Å². The Morgan fingerprint density at radius 1 is 0.619 bits per heavy atom. The predicted octanol–water partition coefficient (Wildman–Crippen LogP) is 7.08. The van der Waals surface area contributed by atoms with Crippen LogP contribution >= 0.6 is 0 Å². The number of carbonyl (C=O) groups is 3. The molecule has 0 spiro atoms. The van der Waals surface area contributed by atoms with Crippen LogP contribution in [-0.2, 0) is 14.4 Å². The van der Waals surface area contributed by atoms with Crippen LogP contribution in [0.3, 0.4) is 0 Å². The maximum atomic E-state index is 12.4. The first kappa shape index (κ1) is 29.1. The van der Waals surface area contributed by atoms with E-state index < -0.39 is 17.9 Å². The van der Waals surface area contributed by atoms with Crippen molar-refractivity contribution in [2.24, 2.45) is 0 Å². The van der Waals surface area contributed by atoms with Gasteiger partial charge in [0.2, 0.25) is 0 Å². The Kier molecular flexibility index (Phi) is 9.29. The van der Waals surface area contributed by atoms with Gasteiger partial charge in [0.15, 0.2) is 0 Å². The van der Waals surface area contributed by atoms with Crippen LogP contribution in [0.15, 0.2) is 128 Å². The van der Waals surface area contributed by atoms with Gasteiger partial charge in [-0.15, -0.1) is 0 Å². The molecule has 0 heterocycles. The highest BCUT2D eigenvalue weighted by molar-refractivity contribution is 5.89. The summed E-state index contributed by atoms with van der Waals surface area (Å²) in [5.74, 6) is 5.60. The fourth-order valence-corrected chi connectivity index (χ4v) is 3.71. The first-order valence-electron chi connectivity index (χ1n) is 12.8. The summed E-state index contributed by atoms with van der Waals surface area (Å²) < 4.78 is 15.8. The molecule has 0 aliphatic heterocycles. The molecule has 0 aromatic heterocycles. The summed E-state index contributed by atoms with van der Waals surface area (Å²) >= 11 is 0. The zero-order chi connectivity index (χ0) is 30.1. The van der Waals surface area contributed by atoms with Crippen LogP contribution in [0.2, 0.25) is 0 Å². The number of carbonyl (C=O) groups excluding carboxylic acids is 3. The van der Waals surface area contributed by atoms with E-state index >= 15 is 0 Å². The maximum absolute atomic E-state index is 12.4. The number of hydrogen-bond donors (Lipinski definition) is 0. The normalized spacial score (nSPS) is 9.93. The highest BCUT2D eigenvalue weighted by atomic mass is 16.5. The van der Waals surface area contributed by atoms with Gasteiger partial charge in [-0.1, -0.05) is 74.0 Å². The summed E-state index contributed by atoms with van der Waals surface area (Å²) in [6.07, 6.45) is 2.20. The van der Waals surface area contributed by atoms with E-state index in [0.717, 1.165) is 34.4 Å². The molecule has 0 aliphatic carbocycles. The van der Waals surface area contributed by atoms with Crippen LogP contribution in [-0.4, -0.2) is 17.9 Å². The van der Waals surface area contributed by atoms with Crippen molar-refractivity contribution in [3.05, 3.63) is 140 Å². The largest absolute Gasteiger partial charge is 0.423 e. The third-order valence-electron chi connectivity index (χ3n) is 5.90. The Hall–Kier alpha value is -5.93. The fraction of sp³-hybridized carbons (Fsp3) is 0.0278. The van der Waals surface area contributed by atoms with Gasteiger partial charge in [0, 0.05) is 23.3 Å². The fourth-order valence-electron chi connectivity index (χ4n) is 3.71. The molecule has 0 saturated heterocycles. The average Bonchev–Trinajstić information content (AvgIpc) is 3.01. The van der Waals surface area contributed by atoms with E-state index in [1.165, 1.54) is 0 Å². The first-order chi connectivity index (χ1) is 20.2. The summed E-state index contributed by atoms with van der Waals surface area (Å²) in [7, 11) is 0. The van der Waals surface area contributed by atoms with E-state index in [0.29, 0.717) is 28.4 Å². The Balaban J connectivity index is 1.58. The van der Waals surface area contributed by atoms with Gasteiger partial charge in [0.05, 0.1) is 5.56 Å². The zero-order valence-electron chi connectivity index (χ0n) is 22.9. The molecule has 6 heteroatoms. The lowest BCUT2D eigenvalue weighted by Crippen LogP contribution is -2.09. The van der Waals surface area contributed by atoms with E-state index in [1.54, 1.807) is 55.5 Å². The maximum Gasteiger partial charge on any atom is 0.338 e. The lowest BCUT2D eigenvalue weighted by molar-refractivity contribution is -0.130. The molecule has 0 unspecified atom stereocenters. The predicted molar refractivity (Wildman–Crippen MR) is 162 cm³/mol. The van der Waals surface area contributed by atoms with Gasteiger partial charge in [-0.25, -0.2) is 14.4 Å². The van der Waals surface area contributed by atoms with Crippen LogP contribution in [0, 0.1) is 11.8 Å². The molecule has 206 valence electrons. The van der Waals surface area contributed by atoms with Crippen LogP contribution < -0.4 is 14.2 Å². The van der Waals surface area contributed by atoms with Crippen LogP contribution in [0.1, 0.15) is 18.1 Å². The molecule has 0 N–H and O–H groups in total. The topological polar surface area (TPSA) is 78.9 Å². The van der Waals surface area contributed by atoms with Gasteiger partial charge in [-0.3, -0.25) is 0 Å². The lowest BCUT2D eigenvalue weighted by Gasteiger charge is -2.10. The Bertz CT molecular complexity index is 1730. The van der Waals surface area contributed by atoms with Crippen molar-refractivity contribution in [1.82, 2.24) is 0 Å². The Morgan fingerprint density at radius 3 is 1.57 bits per heavy atom. The van der Waals surface area contributed by atoms with Gasteiger partial charge in [-0.05, 0) is 77.7 Å². The molecule has 0 radical (unpaired) electrons. The van der Waals surface area contributed by atoms with E-state index in [9.17, 15) is 14.4 Å². The molecule has 0 aliphatic rings. The van der Waals surface area contributed by atoms with Crippen molar-refractivity contribution >= 4 is 17.9 Å². The standard InChI is InChI=1S/C36H26O6/c1-5-34(37)40-31-19-8-25(9-20-31)7-10-29-15-16-30(23-33(29)42-36(39)24(3)4)28-13-11-26(12-14-28)27-17-21-32(22-18-27)41-35(38)6-2/h5-6,8-9,11-23H,1-3H2,4H3. The Labute approximate surface area is 244 Å². The van der Waals surface area contributed by atoms with Crippen molar-refractivity contribution in [2.75, 3.05) is 0 Å². The highest BCUT2D eigenvalue weighted by Gasteiger charge is 2.12. The smallest absolute Gasteiger partial charge is 0.338 e. The summed E-state index contributed by atoms with van der Waals surface area (Å²) in [5.41, 5.74) is 5.12. The second kappa shape index (κ2) is 13.4. The minimum Gasteiger partial charge on any atom is -0.423 e. The SMILES string of the molecule is C=CC(=O)Oc1ccc(C#Cc2ccc(-c3ccc(-c4ccc(OC(=O)C=C)cc4)cc3)cc2OC(=O)C(=C)C)cc1. The molecular weight excluding hydrogens is 528 g/mol. The molecule has 0 bridgehead atoms. The summed E-state index contributed by atoms with van der Waals surface area (Å²) in [4.78, 5) is 35.2. The lowest BCUT2D eigenvalue weighted by atomic mass is 9.99. The monoisotopic (exact) mass is 554 g/mol. The molecule has 6 nitrogen and oxygen atoms in total. The minimum atomic E-state index is -0.554. The third-order valence-corrected chi connectivity index (χ3v) is 5.90. The minimum absolute atomic E-state index is 0.263. The molecule has 42 heavy (non-hydrogen) atoms. The quantitative estimate of drug-likeness (QED) is 0.100. The van der Waals surface area contributed by atoms with Gasteiger partial charge in [-0.2, -0.15) is 0 Å². The van der Waals surface area contributed by atoms with E-state index in [4.69, 9.17) is 14.2 Å². The zero-order valence-corrected chi connectivity index (χ0v) is 22.9. The summed E-state index contributed by atoms with van der Waals surface area (Å²) in [5, 5.41) is 0. The number of ether oxygens (including phenoxy) is 3.